The normalized spacial score (nSPS) is 10.5. The summed E-state index contributed by atoms with van der Waals surface area (Å²) < 4.78 is 5.26. The van der Waals surface area contributed by atoms with Crippen molar-refractivity contribution in [2.24, 2.45) is 0 Å². The molecule has 0 amide bonds. The van der Waals surface area contributed by atoms with Gasteiger partial charge in [-0.05, 0) is 6.07 Å². The maximum Gasteiger partial charge on any atom is 0.268 e. The van der Waals surface area contributed by atoms with Crippen molar-refractivity contribution in [1.82, 2.24) is 20.4 Å². The van der Waals surface area contributed by atoms with Crippen LogP contribution >= 0.6 is 11.6 Å². The first-order chi connectivity index (χ1) is 7.29. The lowest BCUT2D eigenvalue weighted by Crippen LogP contribution is -2.05. The van der Waals surface area contributed by atoms with Crippen LogP contribution in [0.4, 0.5) is 0 Å². The van der Waals surface area contributed by atoms with Gasteiger partial charge in [0.1, 0.15) is 5.69 Å². The lowest BCUT2D eigenvalue weighted by molar-refractivity contribution is 0.511. The minimum atomic E-state index is -0.278. The van der Waals surface area contributed by atoms with Crippen LogP contribution in [-0.2, 0) is 6.42 Å². The summed E-state index contributed by atoms with van der Waals surface area (Å²) in [7, 11) is 0. The molecule has 0 aliphatic rings. The molecule has 0 saturated carbocycles. The SMILES string of the molecule is O=c1ccc(-c2nnc(CCCl)o2)n[nH]1. The summed E-state index contributed by atoms with van der Waals surface area (Å²) >= 11 is 5.52. The van der Waals surface area contributed by atoms with Gasteiger partial charge < -0.3 is 4.42 Å². The number of nitrogens with one attached hydrogen (secondary N) is 1. The topological polar surface area (TPSA) is 84.7 Å². The molecule has 0 atom stereocenters. The second-order valence-electron chi connectivity index (χ2n) is 2.75. The van der Waals surface area contributed by atoms with E-state index in [4.69, 9.17) is 16.0 Å². The van der Waals surface area contributed by atoms with E-state index in [1.807, 2.05) is 0 Å². The van der Waals surface area contributed by atoms with E-state index in [0.717, 1.165) is 0 Å². The Hall–Kier alpha value is -1.69. The molecule has 2 aromatic heterocycles. The van der Waals surface area contributed by atoms with Gasteiger partial charge in [0.05, 0.1) is 0 Å². The van der Waals surface area contributed by atoms with E-state index < -0.39 is 0 Å². The minimum Gasteiger partial charge on any atom is -0.419 e. The molecule has 0 aliphatic carbocycles. The second-order valence-corrected chi connectivity index (χ2v) is 3.12. The number of H-pyrrole nitrogens is 1. The molecule has 0 saturated heterocycles. The van der Waals surface area contributed by atoms with E-state index in [0.29, 0.717) is 23.9 Å². The molecular formula is C8H7ClN4O2. The summed E-state index contributed by atoms with van der Waals surface area (Å²) in [6, 6.07) is 2.85. The zero-order valence-electron chi connectivity index (χ0n) is 7.61. The largest absolute Gasteiger partial charge is 0.419 e. The Balaban J connectivity index is 2.29. The van der Waals surface area contributed by atoms with Crippen LogP contribution in [0.25, 0.3) is 11.6 Å². The third kappa shape index (κ3) is 2.21. The van der Waals surface area contributed by atoms with Crippen LogP contribution in [0, 0.1) is 0 Å². The van der Waals surface area contributed by atoms with Gasteiger partial charge in [-0.25, -0.2) is 5.10 Å². The maximum absolute atomic E-state index is 10.8. The van der Waals surface area contributed by atoms with Gasteiger partial charge in [-0.15, -0.1) is 21.8 Å². The molecule has 0 aromatic carbocycles. The fourth-order valence-corrected chi connectivity index (χ4v) is 1.16. The van der Waals surface area contributed by atoms with Gasteiger partial charge in [0.15, 0.2) is 0 Å². The van der Waals surface area contributed by atoms with E-state index in [1.54, 1.807) is 0 Å². The van der Waals surface area contributed by atoms with E-state index in [1.165, 1.54) is 12.1 Å². The molecule has 2 rings (SSSR count). The molecule has 15 heavy (non-hydrogen) atoms. The van der Waals surface area contributed by atoms with Gasteiger partial charge in [-0.1, -0.05) is 0 Å². The molecule has 0 spiro atoms. The third-order valence-electron chi connectivity index (χ3n) is 1.67. The number of hydrogen-bond donors (Lipinski definition) is 1. The molecule has 2 aromatic rings. The first-order valence-corrected chi connectivity index (χ1v) is 4.77. The average molecular weight is 227 g/mol. The Morgan fingerprint density at radius 1 is 1.40 bits per heavy atom. The molecule has 0 fully saturated rings. The zero-order valence-corrected chi connectivity index (χ0v) is 8.36. The van der Waals surface area contributed by atoms with E-state index in [9.17, 15) is 4.79 Å². The van der Waals surface area contributed by atoms with E-state index in [2.05, 4.69) is 20.4 Å². The van der Waals surface area contributed by atoms with Crippen molar-refractivity contribution >= 4 is 11.6 Å². The van der Waals surface area contributed by atoms with Crippen molar-refractivity contribution in [2.75, 3.05) is 5.88 Å². The van der Waals surface area contributed by atoms with Crippen LogP contribution in [0.2, 0.25) is 0 Å². The minimum absolute atomic E-state index is 0.270. The first kappa shape index (κ1) is 9.85. The Morgan fingerprint density at radius 3 is 2.93 bits per heavy atom. The molecule has 1 N–H and O–H groups in total. The average Bonchev–Trinajstić information content (AvgIpc) is 2.68. The summed E-state index contributed by atoms with van der Waals surface area (Å²) in [5, 5.41) is 13.6. The highest BCUT2D eigenvalue weighted by Crippen LogP contribution is 2.13. The van der Waals surface area contributed by atoms with Crippen molar-refractivity contribution in [1.29, 1.82) is 0 Å². The summed E-state index contributed by atoms with van der Waals surface area (Å²) in [4.78, 5) is 10.8. The van der Waals surface area contributed by atoms with Crippen LogP contribution < -0.4 is 5.56 Å². The lowest BCUT2D eigenvalue weighted by Gasteiger charge is -1.90. The molecule has 6 nitrogen and oxygen atoms in total. The number of halogens is 1. The fourth-order valence-electron chi connectivity index (χ4n) is 1.00. The number of alkyl halides is 1. The monoisotopic (exact) mass is 226 g/mol. The smallest absolute Gasteiger partial charge is 0.268 e. The summed E-state index contributed by atoms with van der Waals surface area (Å²) in [5.41, 5.74) is 0.155. The van der Waals surface area contributed by atoms with Gasteiger partial charge in [-0.3, -0.25) is 4.79 Å². The van der Waals surface area contributed by atoms with Crippen molar-refractivity contribution in [3.05, 3.63) is 28.4 Å². The van der Waals surface area contributed by atoms with Gasteiger partial charge in [0, 0.05) is 18.4 Å². The highest BCUT2D eigenvalue weighted by molar-refractivity contribution is 6.17. The number of aromatic amines is 1. The zero-order chi connectivity index (χ0) is 10.7. The number of hydrogen-bond acceptors (Lipinski definition) is 5. The van der Waals surface area contributed by atoms with E-state index in [-0.39, 0.29) is 11.4 Å². The first-order valence-electron chi connectivity index (χ1n) is 4.24. The Labute approximate surface area is 89.3 Å². The van der Waals surface area contributed by atoms with Crippen LogP contribution in [0.15, 0.2) is 21.3 Å². The second kappa shape index (κ2) is 4.22. The van der Waals surface area contributed by atoms with Crippen molar-refractivity contribution < 1.29 is 4.42 Å². The summed E-state index contributed by atoms with van der Waals surface area (Å²) in [6.45, 7) is 0. The van der Waals surface area contributed by atoms with Crippen molar-refractivity contribution in [2.45, 2.75) is 6.42 Å². The predicted molar refractivity (Wildman–Crippen MR) is 52.6 cm³/mol. The van der Waals surface area contributed by atoms with Crippen LogP contribution in [0.5, 0.6) is 0 Å². The molecule has 78 valence electrons. The maximum atomic E-state index is 10.8. The lowest BCUT2D eigenvalue weighted by atomic mass is 10.4. The van der Waals surface area contributed by atoms with Crippen LogP contribution in [-0.4, -0.2) is 26.3 Å². The highest BCUT2D eigenvalue weighted by Gasteiger charge is 2.08. The number of aromatic nitrogens is 4. The fraction of sp³-hybridized carbons (Fsp3) is 0.250. The van der Waals surface area contributed by atoms with Gasteiger partial charge in [0.25, 0.3) is 11.4 Å². The molecule has 0 unspecified atom stereocenters. The Kier molecular flexibility index (Phi) is 2.77. The number of rotatable bonds is 3. The molecule has 7 heteroatoms. The molecular weight excluding hydrogens is 220 g/mol. The highest BCUT2D eigenvalue weighted by atomic mass is 35.5. The Morgan fingerprint density at radius 2 is 2.27 bits per heavy atom. The quantitative estimate of drug-likeness (QED) is 0.775. The van der Waals surface area contributed by atoms with Crippen molar-refractivity contribution in [3.8, 4) is 11.6 Å². The standard InChI is InChI=1S/C8H7ClN4O2/c9-4-3-7-12-13-8(15-7)5-1-2-6(14)11-10-5/h1-2H,3-4H2,(H,11,14). The van der Waals surface area contributed by atoms with Gasteiger partial charge >= 0.3 is 0 Å². The number of nitrogens with zero attached hydrogens (tertiary/aromatic N) is 3. The number of aryl methyl sites for hydroxylation is 1. The van der Waals surface area contributed by atoms with Gasteiger partial charge in [-0.2, -0.15) is 5.10 Å². The van der Waals surface area contributed by atoms with Crippen LogP contribution in [0.1, 0.15) is 5.89 Å². The van der Waals surface area contributed by atoms with Crippen molar-refractivity contribution in [3.63, 3.8) is 0 Å². The van der Waals surface area contributed by atoms with Gasteiger partial charge in [0.2, 0.25) is 5.89 Å². The third-order valence-corrected chi connectivity index (χ3v) is 1.86. The molecule has 0 radical (unpaired) electrons. The predicted octanol–water partition coefficient (Wildman–Crippen LogP) is 0.601. The molecule has 0 aliphatic heterocycles. The van der Waals surface area contributed by atoms with Crippen LogP contribution in [0.3, 0.4) is 0 Å². The molecule has 2 heterocycles. The Bertz CT molecular complexity index is 487. The summed E-state index contributed by atoms with van der Waals surface area (Å²) in [6.07, 6.45) is 0.512. The molecule has 0 bridgehead atoms. The van der Waals surface area contributed by atoms with E-state index >= 15 is 0 Å². The summed E-state index contributed by atoms with van der Waals surface area (Å²) in [5.74, 6) is 1.14.